The molecular weight excluding hydrogens is 326 g/mol. The third kappa shape index (κ3) is 2.36. The van der Waals surface area contributed by atoms with E-state index in [-0.39, 0.29) is 19.0 Å². The van der Waals surface area contributed by atoms with Gasteiger partial charge in [0.05, 0.1) is 5.69 Å². The summed E-state index contributed by atoms with van der Waals surface area (Å²) in [5.41, 5.74) is 2.17. The van der Waals surface area contributed by atoms with Crippen molar-refractivity contribution in [3.05, 3.63) is 59.9 Å². The van der Waals surface area contributed by atoms with Gasteiger partial charge >= 0.3 is 0 Å². The summed E-state index contributed by atoms with van der Waals surface area (Å²) >= 11 is 0. The van der Waals surface area contributed by atoms with E-state index in [0.717, 1.165) is 17.7 Å². The molecule has 6 nitrogen and oxygen atoms in total. The topological polar surface area (TPSA) is 70.6 Å². The number of hydrogen-bond acceptors (Lipinski definition) is 4. The van der Waals surface area contributed by atoms with Crippen LogP contribution in [0.25, 0.3) is 0 Å². The zero-order chi connectivity index (χ0) is 16.7. The number of hydrogen-bond donors (Lipinski definition) is 0. The maximum Gasteiger partial charge on any atom is 0.272 e. The summed E-state index contributed by atoms with van der Waals surface area (Å²) in [5.74, 6) is -0.219. The van der Waals surface area contributed by atoms with Crippen LogP contribution in [0.2, 0.25) is 0 Å². The smallest absolute Gasteiger partial charge is 0.272 e. The zero-order valence-corrected chi connectivity index (χ0v) is 13.8. The highest BCUT2D eigenvalue weighted by Crippen LogP contribution is 2.33. The fourth-order valence-electron chi connectivity index (χ4n) is 3.20. The van der Waals surface area contributed by atoms with Gasteiger partial charge in [-0.2, -0.15) is 0 Å². The zero-order valence-electron chi connectivity index (χ0n) is 13.0. The number of rotatable bonds is 3. The highest BCUT2D eigenvalue weighted by molar-refractivity contribution is 7.93. The van der Waals surface area contributed by atoms with E-state index in [2.05, 4.69) is 4.98 Å². The molecule has 0 aliphatic carbocycles. The highest BCUT2D eigenvalue weighted by Gasteiger charge is 2.44. The van der Waals surface area contributed by atoms with Crippen molar-refractivity contribution in [1.82, 2.24) is 9.88 Å². The molecule has 2 aliphatic rings. The van der Waals surface area contributed by atoms with Crippen molar-refractivity contribution < 1.29 is 13.2 Å². The normalized spacial score (nSPS) is 17.5. The van der Waals surface area contributed by atoms with Crippen molar-refractivity contribution >= 4 is 21.6 Å². The number of sulfonamides is 1. The second-order valence-electron chi connectivity index (χ2n) is 6.04. The van der Waals surface area contributed by atoms with Gasteiger partial charge in [0, 0.05) is 25.8 Å². The monoisotopic (exact) mass is 343 g/mol. The van der Waals surface area contributed by atoms with Gasteiger partial charge in [-0.15, -0.1) is 0 Å². The fourth-order valence-corrected chi connectivity index (χ4v) is 5.09. The second-order valence-corrected chi connectivity index (χ2v) is 8.18. The van der Waals surface area contributed by atoms with E-state index in [1.54, 1.807) is 24.4 Å². The number of amides is 1. The number of aromatic nitrogens is 1. The second kappa shape index (κ2) is 5.59. The summed E-state index contributed by atoms with van der Waals surface area (Å²) in [4.78, 5) is 17.8. The quantitative estimate of drug-likeness (QED) is 0.842. The molecule has 1 aromatic carbocycles. The number of pyridine rings is 1. The predicted octanol–water partition coefficient (Wildman–Crippen LogP) is 1.30. The Morgan fingerprint density at radius 3 is 2.58 bits per heavy atom. The number of anilines is 1. The molecule has 0 atom stereocenters. The average Bonchev–Trinajstić information content (AvgIpc) is 2.99. The molecule has 0 radical (unpaired) electrons. The lowest BCUT2D eigenvalue weighted by molar-refractivity contribution is 0.0652. The Kier molecular flexibility index (Phi) is 3.53. The van der Waals surface area contributed by atoms with E-state index >= 15 is 0 Å². The van der Waals surface area contributed by atoms with Gasteiger partial charge in [0.15, 0.2) is 0 Å². The Morgan fingerprint density at radius 1 is 1.08 bits per heavy atom. The van der Waals surface area contributed by atoms with Crippen LogP contribution in [-0.4, -0.2) is 49.1 Å². The first-order chi connectivity index (χ1) is 11.6. The summed E-state index contributed by atoms with van der Waals surface area (Å²) in [7, 11) is -3.44. The SMILES string of the molecule is O=C(c1ccccn1)N1CC(S(=O)(=O)N2CCc3ccccc32)C1. The van der Waals surface area contributed by atoms with E-state index in [9.17, 15) is 13.2 Å². The highest BCUT2D eigenvalue weighted by atomic mass is 32.2. The summed E-state index contributed by atoms with van der Waals surface area (Å²) in [6, 6.07) is 12.7. The molecule has 2 aliphatic heterocycles. The number of para-hydroxylation sites is 1. The standard InChI is InChI=1S/C17H17N3O3S/c21-17(15-6-3-4-9-18-15)19-11-14(12-19)24(22,23)20-10-8-13-5-1-2-7-16(13)20/h1-7,9,14H,8,10-12H2. The van der Waals surface area contributed by atoms with E-state index in [0.29, 0.717) is 12.2 Å². The molecule has 0 bridgehead atoms. The van der Waals surface area contributed by atoms with Crippen LogP contribution in [0.15, 0.2) is 48.7 Å². The number of benzene rings is 1. The molecule has 0 N–H and O–H groups in total. The number of fused-ring (bicyclic) bond motifs is 1. The minimum Gasteiger partial charge on any atom is -0.334 e. The molecule has 7 heteroatoms. The van der Waals surface area contributed by atoms with Crippen molar-refractivity contribution in [1.29, 1.82) is 0 Å². The Balaban J connectivity index is 1.48. The third-order valence-electron chi connectivity index (χ3n) is 4.59. The van der Waals surface area contributed by atoms with Gasteiger partial charge in [0.1, 0.15) is 10.9 Å². The van der Waals surface area contributed by atoms with Crippen LogP contribution in [-0.2, 0) is 16.4 Å². The van der Waals surface area contributed by atoms with Gasteiger partial charge in [-0.25, -0.2) is 8.42 Å². The molecule has 24 heavy (non-hydrogen) atoms. The van der Waals surface area contributed by atoms with E-state index in [4.69, 9.17) is 0 Å². The minimum atomic E-state index is -3.44. The first kappa shape index (κ1) is 15.1. The van der Waals surface area contributed by atoms with Crippen LogP contribution >= 0.6 is 0 Å². The lowest BCUT2D eigenvalue weighted by Crippen LogP contribution is -2.60. The number of carbonyl (C=O) groups is 1. The van der Waals surface area contributed by atoms with Gasteiger partial charge in [-0.3, -0.25) is 14.1 Å². The maximum atomic E-state index is 12.9. The van der Waals surface area contributed by atoms with Gasteiger partial charge in [0.25, 0.3) is 5.91 Å². The van der Waals surface area contributed by atoms with Crippen molar-refractivity contribution in [2.24, 2.45) is 0 Å². The van der Waals surface area contributed by atoms with Crippen molar-refractivity contribution in [2.45, 2.75) is 11.7 Å². The fraction of sp³-hybridized carbons (Fsp3) is 0.294. The van der Waals surface area contributed by atoms with Crippen LogP contribution in [0.1, 0.15) is 16.1 Å². The number of nitrogens with zero attached hydrogens (tertiary/aromatic N) is 3. The van der Waals surface area contributed by atoms with Crippen LogP contribution in [0.3, 0.4) is 0 Å². The average molecular weight is 343 g/mol. The molecular formula is C17H17N3O3S. The Labute approximate surface area is 140 Å². The Bertz CT molecular complexity index is 877. The first-order valence-corrected chi connectivity index (χ1v) is 9.37. The minimum absolute atomic E-state index is 0.219. The van der Waals surface area contributed by atoms with Crippen LogP contribution in [0.4, 0.5) is 5.69 Å². The molecule has 2 aromatic rings. The summed E-state index contributed by atoms with van der Waals surface area (Å²) < 4.78 is 27.2. The molecule has 124 valence electrons. The maximum absolute atomic E-state index is 12.9. The van der Waals surface area contributed by atoms with Crippen LogP contribution < -0.4 is 4.31 Å². The third-order valence-corrected chi connectivity index (χ3v) is 6.73. The predicted molar refractivity (Wildman–Crippen MR) is 90.3 cm³/mol. The Morgan fingerprint density at radius 2 is 1.83 bits per heavy atom. The van der Waals surface area contributed by atoms with Crippen molar-refractivity contribution in [3.8, 4) is 0 Å². The van der Waals surface area contributed by atoms with Gasteiger partial charge < -0.3 is 4.90 Å². The largest absolute Gasteiger partial charge is 0.334 e. The van der Waals surface area contributed by atoms with E-state index in [1.807, 2.05) is 24.3 Å². The van der Waals surface area contributed by atoms with E-state index < -0.39 is 15.3 Å². The molecule has 1 fully saturated rings. The molecule has 0 saturated carbocycles. The van der Waals surface area contributed by atoms with Crippen molar-refractivity contribution in [2.75, 3.05) is 23.9 Å². The number of likely N-dealkylation sites (tertiary alicyclic amines) is 1. The molecule has 0 unspecified atom stereocenters. The summed E-state index contributed by atoms with van der Waals surface area (Å²) in [5, 5.41) is -0.545. The molecule has 1 saturated heterocycles. The van der Waals surface area contributed by atoms with E-state index in [1.165, 1.54) is 9.21 Å². The first-order valence-electron chi connectivity index (χ1n) is 7.87. The molecule has 1 amide bonds. The molecule has 1 aromatic heterocycles. The lowest BCUT2D eigenvalue weighted by atomic mass is 10.2. The molecule has 0 spiro atoms. The van der Waals surface area contributed by atoms with Crippen molar-refractivity contribution in [3.63, 3.8) is 0 Å². The summed E-state index contributed by atoms with van der Waals surface area (Å²) in [6.45, 7) is 0.916. The van der Waals surface area contributed by atoms with Gasteiger partial charge in [-0.05, 0) is 30.2 Å². The van der Waals surface area contributed by atoms with Gasteiger partial charge in [-0.1, -0.05) is 24.3 Å². The Hall–Kier alpha value is -2.41. The lowest BCUT2D eigenvalue weighted by Gasteiger charge is -2.40. The molecule has 3 heterocycles. The molecule has 4 rings (SSSR count). The van der Waals surface area contributed by atoms with Crippen LogP contribution in [0.5, 0.6) is 0 Å². The van der Waals surface area contributed by atoms with Crippen LogP contribution in [0, 0.1) is 0 Å². The van der Waals surface area contributed by atoms with Gasteiger partial charge in [0.2, 0.25) is 10.0 Å². The number of carbonyl (C=O) groups excluding carboxylic acids is 1. The summed E-state index contributed by atoms with van der Waals surface area (Å²) in [6.07, 6.45) is 2.29.